The number of rotatable bonds is 7. The Morgan fingerprint density at radius 1 is 1.52 bits per heavy atom. The molecular weight excluding hydrogens is 361 g/mol. The molecule has 0 spiro atoms. The second kappa shape index (κ2) is 8.10. The number of fused-ring (bicyclic) bond motifs is 1. The summed E-state index contributed by atoms with van der Waals surface area (Å²) in [5.74, 6) is -0.991. The Kier molecular flexibility index (Phi) is 5.62. The zero-order chi connectivity index (χ0) is 19.4. The number of hydroxylamine groups is 1. The summed E-state index contributed by atoms with van der Waals surface area (Å²) in [4.78, 5) is 15.4. The van der Waals surface area contributed by atoms with E-state index in [0.717, 1.165) is 11.1 Å². The van der Waals surface area contributed by atoms with Crippen LogP contribution in [0, 0.1) is 5.82 Å². The Morgan fingerprint density at radius 2 is 2.33 bits per heavy atom. The predicted octanol–water partition coefficient (Wildman–Crippen LogP) is 0.107. The number of hydrogen-bond donors (Lipinski definition) is 4. The number of hydrogen-bond acceptors (Lipinski definition) is 8. The van der Waals surface area contributed by atoms with E-state index in [1.54, 1.807) is 13.0 Å². The molecule has 1 aliphatic carbocycles. The molecule has 0 bridgehead atoms. The number of nitrogens with zero attached hydrogens (tertiary/aromatic N) is 3. The summed E-state index contributed by atoms with van der Waals surface area (Å²) in [5.41, 5.74) is 3.66. The van der Waals surface area contributed by atoms with Crippen molar-refractivity contribution in [2.24, 2.45) is 4.99 Å². The normalized spacial score (nSPS) is 16.9. The van der Waals surface area contributed by atoms with E-state index in [2.05, 4.69) is 25.3 Å². The van der Waals surface area contributed by atoms with E-state index in [4.69, 9.17) is 9.84 Å². The van der Waals surface area contributed by atoms with Gasteiger partial charge in [0.1, 0.15) is 18.5 Å². The van der Waals surface area contributed by atoms with Crippen LogP contribution in [0.1, 0.15) is 29.8 Å². The molecule has 27 heavy (non-hydrogen) atoms. The maximum absolute atomic E-state index is 13.4. The molecule has 0 fully saturated rings. The Bertz CT molecular complexity index is 855. The van der Waals surface area contributed by atoms with Gasteiger partial charge in [0.2, 0.25) is 11.6 Å². The van der Waals surface area contributed by atoms with Crippen molar-refractivity contribution < 1.29 is 28.9 Å². The van der Waals surface area contributed by atoms with Gasteiger partial charge in [0.05, 0.1) is 12.6 Å². The topological polar surface area (TPSA) is 142 Å². The lowest BCUT2D eigenvalue weighted by atomic mass is 9.83. The van der Waals surface area contributed by atoms with Crippen LogP contribution in [0.4, 0.5) is 4.39 Å². The number of carbonyl (C=O) groups is 1. The summed E-state index contributed by atoms with van der Waals surface area (Å²) in [6.45, 7) is 1.14. The Hall–Kier alpha value is -3.05. The molecule has 2 atom stereocenters. The van der Waals surface area contributed by atoms with E-state index in [0.29, 0.717) is 6.42 Å². The first-order chi connectivity index (χ1) is 13.0. The number of aliphatic hydroxyl groups is 1. The molecule has 3 rings (SSSR count). The van der Waals surface area contributed by atoms with Crippen LogP contribution in [-0.4, -0.2) is 51.6 Å². The minimum absolute atomic E-state index is 0.0303. The maximum Gasteiger partial charge on any atom is 0.287 e. The second-order valence-electron chi connectivity index (χ2n) is 5.96. The van der Waals surface area contributed by atoms with Gasteiger partial charge < -0.3 is 15.2 Å². The average Bonchev–Trinajstić information content (AvgIpc) is 3.10. The lowest BCUT2D eigenvalue weighted by Crippen LogP contribution is -2.35. The van der Waals surface area contributed by atoms with E-state index < -0.39 is 18.6 Å². The number of nitrogens with one attached hydrogen (secondary N) is 2. The van der Waals surface area contributed by atoms with Gasteiger partial charge in [-0.3, -0.25) is 20.5 Å². The van der Waals surface area contributed by atoms with Gasteiger partial charge in [0.15, 0.2) is 5.84 Å². The van der Waals surface area contributed by atoms with Gasteiger partial charge in [0.25, 0.3) is 5.88 Å². The Labute approximate surface area is 153 Å². The monoisotopic (exact) mass is 379 g/mol. The van der Waals surface area contributed by atoms with Gasteiger partial charge in [-0.05, 0) is 46.9 Å². The van der Waals surface area contributed by atoms with Gasteiger partial charge in [-0.1, -0.05) is 6.07 Å². The molecule has 2 aromatic rings. The summed E-state index contributed by atoms with van der Waals surface area (Å²) in [6, 6.07) is 4.12. The highest BCUT2D eigenvalue weighted by Crippen LogP contribution is 2.37. The fourth-order valence-corrected chi connectivity index (χ4v) is 2.61. The van der Waals surface area contributed by atoms with Crippen molar-refractivity contribution >= 4 is 11.7 Å². The summed E-state index contributed by atoms with van der Waals surface area (Å²) >= 11 is 0. The van der Waals surface area contributed by atoms with Crippen LogP contribution in [0.15, 0.2) is 27.8 Å². The number of aliphatic hydroxyl groups excluding tert-OH is 1. The van der Waals surface area contributed by atoms with Crippen LogP contribution in [0.2, 0.25) is 0 Å². The van der Waals surface area contributed by atoms with Crippen LogP contribution in [-0.2, 0) is 11.2 Å². The lowest BCUT2D eigenvalue weighted by molar-refractivity contribution is -0.124. The van der Waals surface area contributed by atoms with E-state index in [1.807, 2.05) is 5.48 Å². The van der Waals surface area contributed by atoms with Crippen molar-refractivity contribution in [2.45, 2.75) is 25.5 Å². The van der Waals surface area contributed by atoms with Crippen molar-refractivity contribution in [3.05, 3.63) is 40.8 Å². The molecule has 0 saturated heterocycles. The molecule has 1 amide bonds. The molecule has 1 aromatic heterocycles. The summed E-state index contributed by atoms with van der Waals surface area (Å²) in [5, 5.41) is 27.9. The third-order valence-electron chi connectivity index (χ3n) is 4.00. The van der Waals surface area contributed by atoms with Crippen LogP contribution in [0.3, 0.4) is 0 Å². The first kappa shape index (κ1) is 18.7. The number of carbonyl (C=O) groups excluding carboxylic acids is 1. The lowest BCUT2D eigenvalue weighted by Gasteiger charge is -2.27. The molecule has 0 saturated carbocycles. The molecule has 1 aromatic carbocycles. The molecular formula is C16H18FN5O5. The summed E-state index contributed by atoms with van der Waals surface area (Å²) in [6.07, 6.45) is 0.0656. The number of halogens is 1. The summed E-state index contributed by atoms with van der Waals surface area (Å²) < 4.78 is 23.6. The number of amides is 1. The number of ether oxygens (including phenoxy) is 1. The molecule has 10 nitrogen and oxygen atoms in total. The predicted molar refractivity (Wildman–Crippen MR) is 88.8 cm³/mol. The third-order valence-corrected chi connectivity index (χ3v) is 4.00. The van der Waals surface area contributed by atoms with Gasteiger partial charge in [-0.15, -0.1) is 0 Å². The van der Waals surface area contributed by atoms with Crippen molar-refractivity contribution in [3.8, 4) is 5.88 Å². The van der Waals surface area contributed by atoms with Crippen molar-refractivity contribution in [1.82, 2.24) is 21.1 Å². The molecule has 1 unspecified atom stereocenters. The maximum atomic E-state index is 13.4. The number of amidine groups is 1. The first-order valence-corrected chi connectivity index (χ1v) is 8.15. The average molecular weight is 379 g/mol. The highest BCUT2D eigenvalue weighted by Gasteiger charge is 2.28. The second-order valence-corrected chi connectivity index (χ2v) is 5.96. The van der Waals surface area contributed by atoms with Crippen molar-refractivity contribution in [2.75, 3.05) is 13.2 Å². The zero-order valence-electron chi connectivity index (χ0n) is 14.3. The van der Waals surface area contributed by atoms with Crippen LogP contribution < -0.4 is 15.5 Å². The first-order valence-electron chi connectivity index (χ1n) is 8.15. The summed E-state index contributed by atoms with van der Waals surface area (Å²) in [7, 11) is 0. The molecule has 11 heteroatoms. The van der Waals surface area contributed by atoms with E-state index in [9.17, 15) is 14.4 Å². The van der Waals surface area contributed by atoms with Crippen LogP contribution in [0.5, 0.6) is 5.88 Å². The molecule has 0 aliphatic heterocycles. The largest absolute Gasteiger partial charge is 0.469 e. The highest BCUT2D eigenvalue weighted by molar-refractivity contribution is 5.98. The number of benzene rings is 1. The fourth-order valence-electron chi connectivity index (χ4n) is 2.61. The minimum atomic E-state index is -0.627. The molecule has 4 N–H and O–H groups in total. The molecule has 1 heterocycles. The van der Waals surface area contributed by atoms with E-state index >= 15 is 0 Å². The Balaban J connectivity index is 1.72. The van der Waals surface area contributed by atoms with Gasteiger partial charge >= 0.3 is 0 Å². The van der Waals surface area contributed by atoms with Crippen molar-refractivity contribution in [3.63, 3.8) is 0 Å². The number of aromatic nitrogens is 2. The fraction of sp³-hybridized carbons (Fsp3) is 0.375. The van der Waals surface area contributed by atoms with Crippen LogP contribution in [0.25, 0.3) is 0 Å². The molecule has 0 radical (unpaired) electrons. The SMILES string of the molecule is CC(CNC(=O)CO)Oc1nonc1C(=N[C@H]1Cc2ccc(F)cc21)NO. The van der Waals surface area contributed by atoms with Crippen LogP contribution >= 0.6 is 0 Å². The highest BCUT2D eigenvalue weighted by atomic mass is 19.1. The van der Waals surface area contributed by atoms with Gasteiger partial charge in [-0.25, -0.2) is 9.02 Å². The quantitative estimate of drug-likeness (QED) is 0.302. The number of aliphatic imine (C=N–C) groups is 1. The minimum Gasteiger partial charge on any atom is -0.469 e. The Morgan fingerprint density at radius 3 is 3.07 bits per heavy atom. The zero-order valence-corrected chi connectivity index (χ0v) is 14.3. The standard InChI is InChI=1S/C16H18FN5O5/c1-8(6-18-13(24)7-23)26-16-14(21-27-22-16)15(20-25)19-12-4-9-2-3-10(17)5-11(9)12/h2-3,5,8,12,23,25H,4,6-7H2,1H3,(H,18,24)(H,19,20)/t8?,12-/m0/s1. The smallest absolute Gasteiger partial charge is 0.287 e. The van der Waals surface area contributed by atoms with E-state index in [1.165, 1.54) is 12.1 Å². The van der Waals surface area contributed by atoms with Gasteiger partial charge in [-0.2, -0.15) is 0 Å². The van der Waals surface area contributed by atoms with Gasteiger partial charge in [0, 0.05) is 0 Å². The van der Waals surface area contributed by atoms with E-state index in [-0.39, 0.29) is 35.8 Å². The third kappa shape index (κ3) is 4.20. The van der Waals surface area contributed by atoms with Crippen molar-refractivity contribution in [1.29, 1.82) is 0 Å². The molecule has 144 valence electrons. The molecule has 1 aliphatic rings.